The van der Waals surface area contributed by atoms with Crippen molar-refractivity contribution in [1.82, 2.24) is 4.90 Å². The summed E-state index contributed by atoms with van der Waals surface area (Å²) in [7, 11) is 0. The molecule has 2 N–H and O–H groups in total. The average Bonchev–Trinajstić information content (AvgIpc) is 2.42. The summed E-state index contributed by atoms with van der Waals surface area (Å²) in [5, 5.41) is 11.1. The lowest BCUT2D eigenvalue weighted by molar-refractivity contribution is -0.144. The summed E-state index contributed by atoms with van der Waals surface area (Å²) in [4.78, 5) is 24.7. The van der Waals surface area contributed by atoms with Crippen molar-refractivity contribution in [3.05, 3.63) is 29.6 Å². The Morgan fingerprint density at radius 2 is 1.67 bits per heavy atom. The molecule has 0 bridgehead atoms. The van der Waals surface area contributed by atoms with Gasteiger partial charge in [-0.05, 0) is 12.8 Å². The second kappa shape index (κ2) is 6.13. The maximum Gasteiger partial charge on any atom is 0.314 e. The van der Waals surface area contributed by atoms with Crippen molar-refractivity contribution >= 4 is 17.5 Å². The van der Waals surface area contributed by atoms with Crippen LogP contribution in [0.3, 0.4) is 0 Å². The van der Waals surface area contributed by atoms with E-state index in [1.807, 2.05) is 0 Å². The third-order valence-corrected chi connectivity index (χ3v) is 3.19. The zero-order valence-electron chi connectivity index (χ0n) is 10.9. The van der Waals surface area contributed by atoms with Crippen LogP contribution in [0, 0.1) is 17.5 Å². The fourth-order valence-corrected chi connectivity index (χ4v) is 2.04. The van der Waals surface area contributed by atoms with E-state index in [1.54, 1.807) is 5.32 Å². The molecule has 2 rings (SSSR count). The quantitative estimate of drug-likeness (QED) is 0.761. The molecule has 0 aliphatic carbocycles. The molecule has 8 heteroatoms. The highest BCUT2D eigenvalue weighted by Gasteiger charge is 2.27. The van der Waals surface area contributed by atoms with Gasteiger partial charge in [-0.1, -0.05) is 0 Å². The third kappa shape index (κ3) is 3.52. The number of nitrogens with one attached hydrogen (secondary N) is 1. The molecular weight excluding hydrogens is 289 g/mol. The number of amides is 2. The lowest BCUT2D eigenvalue weighted by atomic mass is 10.1. The smallest absolute Gasteiger partial charge is 0.314 e. The highest BCUT2D eigenvalue weighted by Crippen LogP contribution is 2.20. The number of hydrogen-bond donors (Lipinski definition) is 2. The fraction of sp³-hybridized carbons (Fsp3) is 0.385. The van der Waals surface area contributed by atoms with Crippen LogP contribution in [0.15, 0.2) is 12.1 Å². The molecule has 0 aromatic heterocycles. The molecule has 1 aliphatic heterocycles. The summed E-state index contributed by atoms with van der Waals surface area (Å²) in [6.07, 6.45) is 0.139. The highest BCUT2D eigenvalue weighted by molar-refractivity contribution is 6.39. The van der Waals surface area contributed by atoms with Crippen LogP contribution in [0.1, 0.15) is 12.8 Å². The first-order valence-electron chi connectivity index (χ1n) is 6.31. The number of hydrogen-bond acceptors (Lipinski definition) is 3. The molecule has 0 unspecified atom stereocenters. The third-order valence-electron chi connectivity index (χ3n) is 3.19. The summed E-state index contributed by atoms with van der Waals surface area (Å²) in [5.41, 5.74) is -0.869. The molecule has 0 atom stereocenters. The number of likely N-dealkylation sites (tertiary alicyclic amines) is 1. The van der Waals surface area contributed by atoms with Gasteiger partial charge in [0.1, 0.15) is 11.5 Å². The van der Waals surface area contributed by atoms with Crippen molar-refractivity contribution in [3.63, 3.8) is 0 Å². The highest BCUT2D eigenvalue weighted by atomic mass is 19.1. The first-order chi connectivity index (χ1) is 9.88. The van der Waals surface area contributed by atoms with E-state index in [0.29, 0.717) is 25.0 Å². The summed E-state index contributed by atoms with van der Waals surface area (Å²) in [6.45, 7) is 0.365. The molecule has 1 aromatic carbocycles. The number of carbonyl (C=O) groups excluding carboxylic acids is 2. The van der Waals surface area contributed by atoms with Crippen LogP contribution < -0.4 is 5.32 Å². The largest absolute Gasteiger partial charge is 0.393 e. The van der Waals surface area contributed by atoms with Crippen LogP contribution in [0.4, 0.5) is 18.9 Å². The molecule has 114 valence electrons. The number of anilines is 1. The fourth-order valence-electron chi connectivity index (χ4n) is 2.04. The standard InChI is InChI=1S/C13H13F3N2O3/c14-7-5-9(15)11(10(16)6-7)17-12(20)13(21)18-3-1-8(19)2-4-18/h5-6,8,19H,1-4H2,(H,17,20). The van der Waals surface area contributed by atoms with Gasteiger partial charge in [-0.15, -0.1) is 0 Å². The SMILES string of the molecule is O=C(Nc1c(F)cc(F)cc1F)C(=O)N1CCC(O)CC1. The van der Waals surface area contributed by atoms with Gasteiger partial charge in [-0.2, -0.15) is 0 Å². The van der Waals surface area contributed by atoms with Crippen molar-refractivity contribution in [2.45, 2.75) is 18.9 Å². The summed E-state index contributed by atoms with van der Waals surface area (Å²) < 4.78 is 39.5. The minimum atomic E-state index is -1.30. The van der Waals surface area contributed by atoms with Crippen molar-refractivity contribution in [2.75, 3.05) is 18.4 Å². The number of carbonyl (C=O) groups is 2. The number of benzene rings is 1. The molecule has 1 aliphatic rings. The van der Waals surface area contributed by atoms with E-state index in [-0.39, 0.29) is 13.1 Å². The number of aliphatic hydroxyl groups excluding tert-OH is 1. The summed E-state index contributed by atoms with van der Waals surface area (Å²) >= 11 is 0. The first kappa shape index (κ1) is 15.3. The Morgan fingerprint density at radius 3 is 2.19 bits per heavy atom. The Kier molecular flexibility index (Phi) is 4.46. The Labute approximate surface area is 118 Å². The summed E-state index contributed by atoms with van der Waals surface area (Å²) in [6, 6.07) is 0.806. The molecular formula is C13H13F3N2O3. The van der Waals surface area contributed by atoms with E-state index in [1.165, 1.54) is 4.90 Å². The number of halogens is 3. The van der Waals surface area contributed by atoms with Crippen LogP contribution in [0.25, 0.3) is 0 Å². The van der Waals surface area contributed by atoms with Gasteiger partial charge in [0.25, 0.3) is 0 Å². The Morgan fingerprint density at radius 1 is 1.14 bits per heavy atom. The Balaban J connectivity index is 2.06. The van der Waals surface area contributed by atoms with E-state index in [4.69, 9.17) is 0 Å². The van der Waals surface area contributed by atoms with Gasteiger partial charge >= 0.3 is 11.8 Å². The molecule has 5 nitrogen and oxygen atoms in total. The number of aliphatic hydroxyl groups is 1. The molecule has 21 heavy (non-hydrogen) atoms. The van der Waals surface area contributed by atoms with Gasteiger partial charge in [0.05, 0.1) is 6.10 Å². The molecule has 0 radical (unpaired) electrons. The van der Waals surface area contributed by atoms with Gasteiger partial charge in [0.15, 0.2) is 11.6 Å². The molecule has 0 saturated carbocycles. The molecule has 1 heterocycles. The zero-order valence-corrected chi connectivity index (χ0v) is 10.9. The van der Waals surface area contributed by atoms with Crippen LogP contribution >= 0.6 is 0 Å². The first-order valence-corrected chi connectivity index (χ1v) is 6.31. The molecule has 0 spiro atoms. The van der Waals surface area contributed by atoms with Crippen molar-refractivity contribution in [2.24, 2.45) is 0 Å². The van der Waals surface area contributed by atoms with Crippen LogP contribution in [-0.4, -0.2) is 41.0 Å². The van der Waals surface area contributed by atoms with Gasteiger partial charge in [-0.3, -0.25) is 9.59 Å². The van der Waals surface area contributed by atoms with Gasteiger partial charge in [0.2, 0.25) is 0 Å². The topological polar surface area (TPSA) is 69.6 Å². The zero-order chi connectivity index (χ0) is 15.6. The van der Waals surface area contributed by atoms with E-state index in [9.17, 15) is 27.9 Å². The minimum absolute atomic E-state index is 0.182. The second-order valence-corrected chi connectivity index (χ2v) is 4.72. The predicted molar refractivity (Wildman–Crippen MR) is 66.8 cm³/mol. The summed E-state index contributed by atoms with van der Waals surface area (Å²) in [5.74, 6) is -5.90. The monoisotopic (exact) mass is 302 g/mol. The van der Waals surface area contributed by atoms with Crippen LogP contribution in [0.5, 0.6) is 0 Å². The van der Waals surface area contributed by atoms with E-state index in [2.05, 4.69) is 0 Å². The van der Waals surface area contributed by atoms with Gasteiger partial charge in [0, 0.05) is 25.2 Å². The van der Waals surface area contributed by atoms with Crippen molar-refractivity contribution in [1.29, 1.82) is 0 Å². The average molecular weight is 302 g/mol. The molecule has 2 amide bonds. The van der Waals surface area contributed by atoms with Gasteiger partial charge < -0.3 is 15.3 Å². The van der Waals surface area contributed by atoms with Crippen molar-refractivity contribution in [3.8, 4) is 0 Å². The maximum absolute atomic E-state index is 13.4. The Bertz CT molecular complexity index is 549. The Hall–Kier alpha value is -2.09. The number of piperidine rings is 1. The second-order valence-electron chi connectivity index (χ2n) is 4.72. The minimum Gasteiger partial charge on any atom is -0.393 e. The van der Waals surface area contributed by atoms with Crippen molar-refractivity contribution < 1.29 is 27.9 Å². The van der Waals surface area contributed by atoms with E-state index in [0.717, 1.165) is 0 Å². The lowest BCUT2D eigenvalue weighted by Gasteiger charge is -2.28. The van der Waals surface area contributed by atoms with Gasteiger partial charge in [-0.25, -0.2) is 13.2 Å². The van der Waals surface area contributed by atoms with E-state index < -0.39 is 41.1 Å². The molecule has 1 fully saturated rings. The molecule has 1 aromatic rings. The lowest BCUT2D eigenvalue weighted by Crippen LogP contribution is -2.45. The molecule has 1 saturated heterocycles. The predicted octanol–water partition coefficient (Wildman–Crippen LogP) is 1.03. The van der Waals surface area contributed by atoms with Crippen LogP contribution in [0.2, 0.25) is 0 Å². The normalized spacial score (nSPS) is 15.9. The van der Waals surface area contributed by atoms with Crippen LogP contribution in [-0.2, 0) is 9.59 Å². The number of rotatable bonds is 1. The number of nitrogens with zero attached hydrogens (tertiary/aromatic N) is 1. The maximum atomic E-state index is 13.4. The van der Waals surface area contributed by atoms with E-state index >= 15 is 0 Å².